The standard InChI is InChI=1S/C63H45N9/c1-61(2)43-16-10-7-13-37(43)40-19-22-46-52(55(40)61)58-49(28-64-31-67-58)70(46)34-25-35(71-47-23-20-41-38-14-8-11-17-44(38)62(3,4)56(41)53(47)59-50(71)29-65-32-68-59)27-36(26-34)72-48-24-21-42-39-15-9-12-18-45(39)63(5,6)57(42)54(48)60-51(72)30-66-33-69-60/h7-33H,1-6H3. The Morgan fingerprint density at radius 1 is 0.319 bits per heavy atom. The van der Waals surface area contributed by atoms with Crippen molar-refractivity contribution in [1.82, 2.24) is 43.6 Å². The Labute approximate surface area is 414 Å². The number of aromatic nitrogens is 9. The summed E-state index contributed by atoms with van der Waals surface area (Å²) in [4.78, 5) is 29.5. The predicted octanol–water partition coefficient (Wildman–Crippen LogP) is 14.3. The lowest BCUT2D eigenvalue weighted by atomic mass is 9.81. The molecule has 16 rings (SSSR count). The van der Waals surface area contributed by atoms with E-state index in [4.69, 9.17) is 29.9 Å². The number of rotatable bonds is 3. The molecule has 0 N–H and O–H groups in total. The predicted molar refractivity (Wildman–Crippen MR) is 289 cm³/mol. The lowest BCUT2D eigenvalue weighted by Crippen LogP contribution is -2.15. The molecule has 0 fully saturated rings. The van der Waals surface area contributed by atoms with Gasteiger partial charge in [0.15, 0.2) is 0 Å². The first-order valence-electron chi connectivity index (χ1n) is 24.8. The maximum Gasteiger partial charge on any atom is 0.116 e. The van der Waals surface area contributed by atoms with E-state index in [0.29, 0.717) is 0 Å². The molecule has 9 nitrogen and oxygen atoms in total. The van der Waals surface area contributed by atoms with Crippen LogP contribution in [0.4, 0.5) is 0 Å². The smallest absolute Gasteiger partial charge is 0.116 e. The molecule has 0 spiro atoms. The molecule has 9 heteroatoms. The SMILES string of the molecule is CC1(C)c2ccccc2-c2ccc3c(c21)c1ncncc1n3-c1cc(-n2c3cncnc3c3c4c(ccc32)-c2ccccc2C4(C)C)cc(-n2c3cncnc3c3c4c(ccc32)-c2ccccc2C4(C)C)c1. The van der Waals surface area contributed by atoms with Crippen molar-refractivity contribution in [3.05, 3.63) is 198 Å². The van der Waals surface area contributed by atoms with Crippen molar-refractivity contribution in [3.63, 3.8) is 0 Å². The zero-order chi connectivity index (χ0) is 48.2. The summed E-state index contributed by atoms with van der Waals surface area (Å²) in [5, 5.41) is 3.43. The molecule has 0 saturated carbocycles. The van der Waals surface area contributed by atoms with Gasteiger partial charge in [-0.2, -0.15) is 0 Å². The Kier molecular flexibility index (Phi) is 7.39. The van der Waals surface area contributed by atoms with Crippen molar-refractivity contribution in [2.75, 3.05) is 0 Å². The highest BCUT2D eigenvalue weighted by atomic mass is 15.1. The van der Waals surface area contributed by atoms with Crippen LogP contribution in [0.3, 0.4) is 0 Å². The third-order valence-corrected chi connectivity index (χ3v) is 17.0. The van der Waals surface area contributed by atoms with Crippen LogP contribution < -0.4 is 0 Å². The first-order chi connectivity index (χ1) is 35.0. The minimum atomic E-state index is -0.268. The van der Waals surface area contributed by atoms with Crippen LogP contribution in [0.5, 0.6) is 0 Å². The molecular weight excluding hydrogens is 883 g/mol. The number of benzene rings is 7. The molecule has 0 bridgehead atoms. The zero-order valence-electron chi connectivity index (χ0n) is 40.6. The Morgan fingerprint density at radius 2 is 0.611 bits per heavy atom. The number of hydrogen-bond acceptors (Lipinski definition) is 6. The molecule has 7 aromatic carbocycles. The van der Waals surface area contributed by atoms with Crippen LogP contribution in [0, 0.1) is 0 Å². The Balaban J connectivity index is 1.04. The molecule has 72 heavy (non-hydrogen) atoms. The molecule has 3 aliphatic carbocycles. The van der Waals surface area contributed by atoms with E-state index in [-0.39, 0.29) is 16.2 Å². The van der Waals surface area contributed by atoms with Crippen molar-refractivity contribution in [2.24, 2.45) is 0 Å². The van der Waals surface area contributed by atoms with E-state index in [0.717, 1.165) is 82.9 Å². The van der Waals surface area contributed by atoms with Crippen LogP contribution >= 0.6 is 0 Å². The highest BCUT2D eigenvalue weighted by Crippen LogP contribution is 2.56. The lowest BCUT2D eigenvalue weighted by Gasteiger charge is -2.23. The van der Waals surface area contributed by atoms with Crippen LogP contribution in [0.15, 0.2) is 165 Å². The third kappa shape index (κ3) is 4.74. The molecule has 342 valence electrons. The largest absolute Gasteiger partial charge is 0.306 e. The van der Waals surface area contributed by atoms with E-state index < -0.39 is 0 Å². The molecule has 3 aliphatic rings. The number of fused-ring (bicyclic) bond motifs is 21. The molecule has 0 amide bonds. The Morgan fingerprint density at radius 3 is 0.917 bits per heavy atom. The van der Waals surface area contributed by atoms with Crippen LogP contribution in [0.1, 0.15) is 74.9 Å². The molecule has 6 heterocycles. The van der Waals surface area contributed by atoms with Gasteiger partial charge in [0.05, 0.1) is 68.8 Å². The third-order valence-electron chi connectivity index (χ3n) is 17.0. The highest BCUT2D eigenvalue weighted by Gasteiger charge is 2.41. The average Bonchev–Trinajstić information content (AvgIpc) is 4.19. The van der Waals surface area contributed by atoms with E-state index in [9.17, 15) is 0 Å². The van der Waals surface area contributed by atoms with Gasteiger partial charge in [0.25, 0.3) is 0 Å². The second-order valence-electron chi connectivity index (χ2n) is 21.6. The van der Waals surface area contributed by atoms with Crippen molar-refractivity contribution in [3.8, 4) is 50.4 Å². The van der Waals surface area contributed by atoms with Gasteiger partial charge >= 0.3 is 0 Å². The van der Waals surface area contributed by atoms with Crippen molar-refractivity contribution in [2.45, 2.75) is 57.8 Å². The Hall–Kier alpha value is -8.82. The molecule has 0 aliphatic heterocycles. The van der Waals surface area contributed by atoms with Crippen LogP contribution in [-0.2, 0) is 16.2 Å². The maximum absolute atomic E-state index is 5.12. The lowest BCUT2D eigenvalue weighted by molar-refractivity contribution is 0.666. The molecule has 0 radical (unpaired) electrons. The first kappa shape index (κ1) is 40.0. The van der Waals surface area contributed by atoms with Crippen LogP contribution in [0.2, 0.25) is 0 Å². The van der Waals surface area contributed by atoms with Crippen LogP contribution in [0.25, 0.3) is 116 Å². The van der Waals surface area contributed by atoms with Crippen LogP contribution in [-0.4, -0.2) is 43.6 Å². The summed E-state index contributed by atoms with van der Waals surface area (Å²) in [5.41, 5.74) is 26.3. The summed E-state index contributed by atoms with van der Waals surface area (Å²) >= 11 is 0. The monoisotopic (exact) mass is 927 g/mol. The molecule has 6 aromatic heterocycles. The number of nitrogens with zero attached hydrogens (tertiary/aromatic N) is 9. The van der Waals surface area contributed by atoms with Gasteiger partial charge in [-0.05, 0) is 103 Å². The first-order valence-corrected chi connectivity index (χ1v) is 24.8. The van der Waals surface area contributed by atoms with Gasteiger partial charge in [-0.1, -0.05) is 133 Å². The summed E-state index contributed by atoms with van der Waals surface area (Å²) in [6.07, 6.45) is 11.0. The van der Waals surface area contributed by atoms with Crippen molar-refractivity contribution >= 4 is 65.8 Å². The van der Waals surface area contributed by atoms with Gasteiger partial charge in [-0.3, -0.25) is 0 Å². The molecule has 13 aromatic rings. The molecule has 0 saturated heterocycles. The molecular formula is C63H45N9. The van der Waals surface area contributed by atoms with Gasteiger partial charge in [-0.15, -0.1) is 0 Å². The summed E-state index contributed by atoms with van der Waals surface area (Å²) in [5.74, 6) is 0. The second-order valence-corrected chi connectivity index (χ2v) is 21.6. The molecule has 0 atom stereocenters. The fourth-order valence-corrected chi connectivity index (χ4v) is 14.1. The van der Waals surface area contributed by atoms with Gasteiger partial charge in [0, 0.05) is 32.4 Å². The molecule has 0 unspecified atom stereocenters. The summed E-state index contributed by atoms with van der Waals surface area (Å²) in [7, 11) is 0. The van der Waals surface area contributed by atoms with E-state index in [2.05, 4.69) is 183 Å². The minimum absolute atomic E-state index is 0.268. The normalized spacial score (nSPS) is 15.4. The van der Waals surface area contributed by atoms with E-state index in [1.807, 2.05) is 18.6 Å². The van der Waals surface area contributed by atoms with E-state index >= 15 is 0 Å². The maximum atomic E-state index is 5.12. The summed E-state index contributed by atoms with van der Waals surface area (Å²) in [6.45, 7) is 14.1. The van der Waals surface area contributed by atoms with Gasteiger partial charge in [-0.25, -0.2) is 29.9 Å². The quantitative estimate of drug-likeness (QED) is 0.175. The Bertz CT molecular complexity index is 4140. The average molecular weight is 928 g/mol. The second kappa shape index (κ2) is 13.3. The summed E-state index contributed by atoms with van der Waals surface area (Å²) < 4.78 is 7.13. The van der Waals surface area contributed by atoms with Gasteiger partial charge in [0.1, 0.15) is 35.5 Å². The van der Waals surface area contributed by atoms with Gasteiger partial charge < -0.3 is 13.7 Å². The van der Waals surface area contributed by atoms with Gasteiger partial charge in [0.2, 0.25) is 0 Å². The fraction of sp³-hybridized carbons (Fsp3) is 0.143. The minimum Gasteiger partial charge on any atom is -0.306 e. The van der Waals surface area contributed by atoms with E-state index in [1.165, 1.54) is 66.8 Å². The van der Waals surface area contributed by atoms with Crippen molar-refractivity contribution in [1.29, 1.82) is 0 Å². The number of hydrogen-bond donors (Lipinski definition) is 0. The van der Waals surface area contributed by atoms with E-state index in [1.54, 1.807) is 19.0 Å². The topological polar surface area (TPSA) is 92.1 Å². The highest BCUT2D eigenvalue weighted by molar-refractivity contribution is 6.15. The van der Waals surface area contributed by atoms with Crippen molar-refractivity contribution < 1.29 is 0 Å². The zero-order valence-corrected chi connectivity index (χ0v) is 40.6. The summed E-state index contributed by atoms with van der Waals surface area (Å²) in [6, 6.07) is 47.3. The fourth-order valence-electron chi connectivity index (χ4n) is 14.1.